The summed E-state index contributed by atoms with van der Waals surface area (Å²) in [6, 6.07) is 13.9. The molecule has 0 radical (unpaired) electrons. The number of carbonyl (C=O) groups is 1. The molecule has 0 amide bonds. The van der Waals surface area contributed by atoms with Gasteiger partial charge in [-0.2, -0.15) is 0 Å². The zero-order chi connectivity index (χ0) is 18.7. The van der Waals surface area contributed by atoms with Gasteiger partial charge in [0.05, 0.1) is 20.3 Å². The number of aliphatic hydroxyl groups is 1. The molecule has 0 spiro atoms. The number of β-amino-alcohol motifs (C(OH)–C–C–N with tert-alkyl or cyclic N) is 1. The molecule has 5 heteroatoms. The Morgan fingerprint density at radius 2 is 2.04 bits per heavy atom. The number of hydrogen-bond acceptors (Lipinski definition) is 5. The summed E-state index contributed by atoms with van der Waals surface area (Å²) in [7, 11) is 3.05. The molecule has 2 atom stereocenters. The predicted octanol–water partition coefficient (Wildman–Crippen LogP) is 2.78. The molecule has 1 aliphatic heterocycles. The Balaban J connectivity index is 1.89. The van der Waals surface area contributed by atoms with E-state index in [-0.39, 0.29) is 5.97 Å². The van der Waals surface area contributed by atoms with Crippen LogP contribution in [0.2, 0.25) is 0 Å². The van der Waals surface area contributed by atoms with E-state index in [4.69, 9.17) is 9.47 Å². The van der Waals surface area contributed by atoms with E-state index in [2.05, 4.69) is 31.2 Å². The lowest BCUT2D eigenvalue weighted by molar-refractivity contribution is -0.146. The highest BCUT2D eigenvalue weighted by atomic mass is 16.5. The standard InChI is InChI=1S/C21H25NO4/c1-14-5-4-6-16(9-14)18-10-15(7-8-20(18)25-2)12-22-13-17(23)11-19(22)21(24)26-3/h4-10,17,19,23H,11-13H2,1-3H3/t17-,19+/m0/s1. The third-order valence-corrected chi connectivity index (χ3v) is 4.83. The van der Waals surface area contributed by atoms with Crippen molar-refractivity contribution in [3.63, 3.8) is 0 Å². The molecular formula is C21H25NO4. The summed E-state index contributed by atoms with van der Waals surface area (Å²) in [5.41, 5.74) is 4.35. The molecule has 138 valence electrons. The van der Waals surface area contributed by atoms with Crippen LogP contribution in [0.5, 0.6) is 5.75 Å². The number of likely N-dealkylation sites (tertiary alicyclic amines) is 1. The van der Waals surface area contributed by atoms with E-state index in [0.29, 0.717) is 19.5 Å². The van der Waals surface area contributed by atoms with Gasteiger partial charge in [0.1, 0.15) is 11.8 Å². The van der Waals surface area contributed by atoms with Crippen molar-refractivity contribution in [2.75, 3.05) is 20.8 Å². The fraction of sp³-hybridized carbons (Fsp3) is 0.381. The van der Waals surface area contributed by atoms with Gasteiger partial charge in [0.15, 0.2) is 0 Å². The van der Waals surface area contributed by atoms with Crippen LogP contribution in [0.1, 0.15) is 17.5 Å². The molecule has 0 saturated carbocycles. The van der Waals surface area contributed by atoms with Crippen LogP contribution in [0, 0.1) is 6.92 Å². The Hall–Kier alpha value is -2.37. The largest absolute Gasteiger partial charge is 0.496 e. The minimum Gasteiger partial charge on any atom is -0.496 e. The monoisotopic (exact) mass is 355 g/mol. The van der Waals surface area contributed by atoms with Gasteiger partial charge in [-0.3, -0.25) is 9.69 Å². The second-order valence-corrected chi connectivity index (χ2v) is 6.76. The number of benzene rings is 2. The smallest absolute Gasteiger partial charge is 0.323 e. The Bertz CT molecular complexity index is 789. The van der Waals surface area contributed by atoms with Crippen molar-refractivity contribution in [1.82, 2.24) is 4.90 Å². The molecule has 26 heavy (non-hydrogen) atoms. The molecule has 1 heterocycles. The van der Waals surface area contributed by atoms with E-state index < -0.39 is 12.1 Å². The van der Waals surface area contributed by atoms with Gasteiger partial charge < -0.3 is 14.6 Å². The van der Waals surface area contributed by atoms with Gasteiger partial charge >= 0.3 is 5.97 Å². The first kappa shape index (κ1) is 18.4. The minimum atomic E-state index is -0.506. The highest BCUT2D eigenvalue weighted by Gasteiger charge is 2.36. The highest BCUT2D eigenvalue weighted by molar-refractivity contribution is 5.76. The summed E-state index contributed by atoms with van der Waals surface area (Å²) < 4.78 is 10.4. The number of nitrogens with zero attached hydrogens (tertiary/aromatic N) is 1. The molecule has 1 aliphatic rings. The highest BCUT2D eigenvalue weighted by Crippen LogP contribution is 2.32. The number of aryl methyl sites for hydroxylation is 1. The molecule has 0 unspecified atom stereocenters. The van der Waals surface area contributed by atoms with Gasteiger partial charge in [0.25, 0.3) is 0 Å². The van der Waals surface area contributed by atoms with Gasteiger partial charge in [0, 0.05) is 25.1 Å². The summed E-state index contributed by atoms with van der Waals surface area (Å²) in [6.45, 7) is 3.09. The first-order valence-corrected chi connectivity index (χ1v) is 8.75. The van der Waals surface area contributed by atoms with Gasteiger partial charge in [-0.15, -0.1) is 0 Å². The summed E-state index contributed by atoms with van der Waals surface area (Å²) in [6.07, 6.45) is -0.0957. The molecule has 1 saturated heterocycles. The van der Waals surface area contributed by atoms with Crippen LogP contribution in [0.4, 0.5) is 0 Å². The summed E-state index contributed by atoms with van der Waals surface area (Å²) in [5.74, 6) is 0.513. The van der Waals surface area contributed by atoms with Crippen molar-refractivity contribution < 1.29 is 19.4 Å². The SMILES string of the molecule is COC(=O)[C@H]1C[C@H](O)CN1Cc1ccc(OC)c(-c2cccc(C)c2)c1. The minimum absolute atomic E-state index is 0.297. The third-order valence-electron chi connectivity index (χ3n) is 4.83. The van der Waals surface area contributed by atoms with Crippen molar-refractivity contribution in [3.05, 3.63) is 53.6 Å². The van der Waals surface area contributed by atoms with Gasteiger partial charge in [-0.05, 0) is 30.2 Å². The molecule has 5 nitrogen and oxygen atoms in total. The Morgan fingerprint density at radius 1 is 1.23 bits per heavy atom. The first-order valence-electron chi connectivity index (χ1n) is 8.75. The second-order valence-electron chi connectivity index (χ2n) is 6.76. The molecule has 2 aromatic rings. The Kier molecular flexibility index (Phi) is 5.59. The van der Waals surface area contributed by atoms with Crippen molar-refractivity contribution >= 4 is 5.97 Å². The lowest BCUT2D eigenvalue weighted by Gasteiger charge is -2.22. The number of aliphatic hydroxyl groups excluding tert-OH is 1. The quantitative estimate of drug-likeness (QED) is 0.836. The average molecular weight is 355 g/mol. The lowest BCUT2D eigenvalue weighted by atomic mass is 10.00. The van der Waals surface area contributed by atoms with Gasteiger partial charge in [0.2, 0.25) is 0 Å². The van der Waals surface area contributed by atoms with Crippen LogP contribution in [0.15, 0.2) is 42.5 Å². The lowest BCUT2D eigenvalue weighted by Crippen LogP contribution is -2.36. The van der Waals surface area contributed by atoms with Crippen LogP contribution in [-0.4, -0.2) is 48.9 Å². The van der Waals surface area contributed by atoms with Crippen LogP contribution in [0.3, 0.4) is 0 Å². The van der Waals surface area contributed by atoms with Gasteiger partial charge in [-0.1, -0.05) is 35.9 Å². The molecule has 2 aromatic carbocycles. The number of carbonyl (C=O) groups excluding carboxylic acids is 1. The molecule has 0 aliphatic carbocycles. The van der Waals surface area contributed by atoms with Crippen molar-refractivity contribution in [2.24, 2.45) is 0 Å². The van der Waals surface area contributed by atoms with Crippen LogP contribution in [-0.2, 0) is 16.1 Å². The summed E-state index contributed by atoms with van der Waals surface area (Å²) in [5, 5.41) is 9.97. The van der Waals surface area contributed by atoms with Crippen molar-refractivity contribution in [2.45, 2.75) is 32.0 Å². The normalized spacial score (nSPS) is 20.2. The number of methoxy groups -OCH3 is 2. The third kappa shape index (κ3) is 3.89. The second kappa shape index (κ2) is 7.89. The Morgan fingerprint density at radius 3 is 2.73 bits per heavy atom. The van der Waals surface area contributed by atoms with E-state index in [1.807, 2.05) is 23.1 Å². The average Bonchev–Trinajstić information content (AvgIpc) is 3.01. The molecule has 0 aromatic heterocycles. The zero-order valence-corrected chi connectivity index (χ0v) is 15.4. The summed E-state index contributed by atoms with van der Waals surface area (Å²) in [4.78, 5) is 14.0. The van der Waals surface area contributed by atoms with Crippen LogP contribution in [0.25, 0.3) is 11.1 Å². The fourth-order valence-corrected chi connectivity index (χ4v) is 3.56. The fourth-order valence-electron chi connectivity index (χ4n) is 3.56. The number of ether oxygens (including phenoxy) is 2. The zero-order valence-electron chi connectivity index (χ0n) is 15.4. The maximum Gasteiger partial charge on any atom is 0.323 e. The van der Waals surface area contributed by atoms with Gasteiger partial charge in [-0.25, -0.2) is 0 Å². The predicted molar refractivity (Wildman–Crippen MR) is 100 cm³/mol. The maximum atomic E-state index is 12.0. The molecule has 1 N–H and O–H groups in total. The Labute approximate surface area is 154 Å². The summed E-state index contributed by atoms with van der Waals surface area (Å²) >= 11 is 0. The van der Waals surface area contributed by atoms with E-state index >= 15 is 0 Å². The molecule has 1 fully saturated rings. The van der Waals surface area contributed by atoms with E-state index in [0.717, 1.165) is 22.4 Å². The number of rotatable bonds is 5. The number of hydrogen-bond donors (Lipinski definition) is 1. The van der Waals surface area contributed by atoms with Crippen molar-refractivity contribution in [1.29, 1.82) is 0 Å². The topological polar surface area (TPSA) is 59.0 Å². The van der Waals surface area contributed by atoms with Crippen LogP contribution >= 0.6 is 0 Å². The molecule has 3 rings (SSSR count). The number of esters is 1. The first-order chi connectivity index (χ1) is 12.5. The van der Waals surface area contributed by atoms with E-state index in [9.17, 15) is 9.90 Å². The maximum absolute atomic E-state index is 12.0. The molecular weight excluding hydrogens is 330 g/mol. The molecule has 0 bridgehead atoms. The van der Waals surface area contributed by atoms with Crippen molar-refractivity contribution in [3.8, 4) is 16.9 Å². The van der Waals surface area contributed by atoms with E-state index in [1.165, 1.54) is 12.7 Å². The van der Waals surface area contributed by atoms with E-state index in [1.54, 1.807) is 7.11 Å². The van der Waals surface area contributed by atoms with Crippen LogP contribution < -0.4 is 4.74 Å².